The van der Waals surface area contributed by atoms with E-state index < -0.39 is 5.91 Å². The van der Waals surface area contributed by atoms with Gasteiger partial charge in [-0.25, -0.2) is 5.43 Å². The quantitative estimate of drug-likeness (QED) is 0.333. The lowest BCUT2D eigenvalue weighted by Gasteiger charge is -2.11. The fraction of sp³-hybridized carbons (Fsp3) is 0.130. The SMILES string of the molecule is CCOc1c(Cl)cc(C=NNC(=O)c2cc3c(ccc4ccccc43)o2)cc1OC. The van der Waals surface area contributed by atoms with Crippen LogP contribution in [0.3, 0.4) is 0 Å². The van der Waals surface area contributed by atoms with E-state index in [0.29, 0.717) is 34.3 Å². The van der Waals surface area contributed by atoms with Crippen LogP contribution >= 0.6 is 11.6 Å². The van der Waals surface area contributed by atoms with E-state index in [1.54, 1.807) is 18.2 Å². The van der Waals surface area contributed by atoms with E-state index in [9.17, 15) is 4.79 Å². The summed E-state index contributed by atoms with van der Waals surface area (Å²) in [7, 11) is 1.53. The summed E-state index contributed by atoms with van der Waals surface area (Å²) in [6, 6.07) is 16.9. The second-order valence-electron chi connectivity index (χ2n) is 6.48. The molecule has 0 saturated heterocycles. The van der Waals surface area contributed by atoms with E-state index in [0.717, 1.165) is 16.2 Å². The molecule has 4 rings (SSSR count). The number of halogens is 1. The summed E-state index contributed by atoms with van der Waals surface area (Å²) in [5.41, 5.74) is 3.77. The van der Waals surface area contributed by atoms with Crippen LogP contribution in [-0.2, 0) is 0 Å². The van der Waals surface area contributed by atoms with Gasteiger partial charge in [0.1, 0.15) is 5.58 Å². The van der Waals surface area contributed by atoms with Gasteiger partial charge in [0.05, 0.1) is 25.0 Å². The van der Waals surface area contributed by atoms with Crippen molar-refractivity contribution >= 4 is 45.5 Å². The van der Waals surface area contributed by atoms with Crippen molar-refractivity contribution in [2.45, 2.75) is 6.92 Å². The highest BCUT2D eigenvalue weighted by atomic mass is 35.5. The number of methoxy groups -OCH3 is 1. The van der Waals surface area contributed by atoms with Gasteiger partial charge < -0.3 is 13.9 Å². The molecule has 0 unspecified atom stereocenters. The Morgan fingerprint density at radius 3 is 2.80 bits per heavy atom. The van der Waals surface area contributed by atoms with Crippen LogP contribution in [0.2, 0.25) is 5.02 Å². The number of carbonyl (C=O) groups is 1. The van der Waals surface area contributed by atoms with Crippen molar-refractivity contribution in [2.24, 2.45) is 5.10 Å². The minimum Gasteiger partial charge on any atom is -0.493 e. The van der Waals surface area contributed by atoms with Crippen molar-refractivity contribution in [2.75, 3.05) is 13.7 Å². The van der Waals surface area contributed by atoms with Gasteiger partial charge in [0.15, 0.2) is 17.3 Å². The number of furan rings is 1. The molecule has 4 aromatic rings. The fourth-order valence-corrected chi connectivity index (χ4v) is 3.50. The zero-order valence-electron chi connectivity index (χ0n) is 16.4. The van der Waals surface area contributed by atoms with Gasteiger partial charge in [-0.15, -0.1) is 0 Å². The Morgan fingerprint density at radius 2 is 2.00 bits per heavy atom. The molecular formula is C23H19ClN2O4. The molecule has 1 aromatic heterocycles. The molecule has 0 saturated carbocycles. The second kappa shape index (κ2) is 8.47. The summed E-state index contributed by atoms with van der Waals surface area (Å²) < 4.78 is 16.5. The van der Waals surface area contributed by atoms with Crippen LogP contribution in [0.25, 0.3) is 21.7 Å². The Labute approximate surface area is 178 Å². The maximum Gasteiger partial charge on any atom is 0.307 e. The number of amides is 1. The smallest absolute Gasteiger partial charge is 0.307 e. The van der Waals surface area contributed by atoms with Crippen molar-refractivity contribution in [3.05, 3.63) is 70.9 Å². The second-order valence-corrected chi connectivity index (χ2v) is 6.88. The number of hydrogen-bond donors (Lipinski definition) is 1. The molecule has 0 spiro atoms. The van der Waals surface area contributed by atoms with Crippen molar-refractivity contribution in [1.82, 2.24) is 5.43 Å². The van der Waals surface area contributed by atoms with Crippen molar-refractivity contribution < 1.29 is 18.7 Å². The molecule has 7 heteroatoms. The molecule has 30 heavy (non-hydrogen) atoms. The number of fused-ring (bicyclic) bond motifs is 3. The van der Waals surface area contributed by atoms with E-state index in [1.165, 1.54) is 13.3 Å². The van der Waals surface area contributed by atoms with Gasteiger partial charge in [0.2, 0.25) is 0 Å². The molecular weight excluding hydrogens is 404 g/mol. The molecule has 0 aliphatic rings. The highest BCUT2D eigenvalue weighted by Crippen LogP contribution is 2.36. The van der Waals surface area contributed by atoms with Crippen LogP contribution in [0.1, 0.15) is 23.0 Å². The summed E-state index contributed by atoms with van der Waals surface area (Å²) in [4.78, 5) is 12.5. The monoisotopic (exact) mass is 422 g/mol. The van der Waals surface area contributed by atoms with E-state index in [4.69, 9.17) is 25.5 Å². The summed E-state index contributed by atoms with van der Waals surface area (Å²) in [5.74, 6) is 0.690. The first-order chi connectivity index (χ1) is 14.6. The predicted molar refractivity (Wildman–Crippen MR) is 118 cm³/mol. The first-order valence-corrected chi connectivity index (χ1v) is 9.73. The van der Waals surface area contributed by atoms with Crippen molar-refractivity contribution in [1.29, 1.82) is 0 Å². The Hall–Kier alpha value is -3.51. The molecule has 0 aliphatic carbocycles. The summed E-state index contributed by atoms with van der Waals surface area (Å²) >= 11 is 6.25. The van der Waals surface area contributed by atoms with Gasteiger partial charge in [0.25, 0.3) is 0 Å². The number of nitrogens with zero attached hydrogens (tertiary/aromatic N) is 1. The number of benzene rings is 3. The summed E-state index contributed by atoms with van der Waals surface area (Å²) in [6.07, 6.45) is 1.47. The molecule has 1 N–H and O–H groups in total. The Bertz CT molecular complexity index is 1260. The summed E-state index contributed by atoms with van der Waals surface area (Å²) in [5, 5.41) is 7.39. The average molecular weight is 423 g/mol. The zero-order chi connectivity index (χ0) is 21.1. The van der Waals surface area contributed by atoms with E-state index >= 15 is 0 Å². The van der Waals surface area contributed by atoms with Crippen LogP contribution in [0, 0.1) is 0 Å². The van der Waals surface area contributed by atoms with Gasteiger partial charge in [-0.05, 0) is 47.5 Å². The highest BCUT2D eigenvalue weighted by Gasteiger charge is 2.14. The summed E-state index contributed by atoms with van der Waals surface area (Å²) in [6.45, 7) is 2.33. The molecule has 0 radical (unpaired) electrons. The molecule has 0 fully saturated rings. The third-order valence-corrected chi connectivity index (χ3v) is 4.85. The van der Waals surface area contributed by atoms with Crippen LogP contribution in [-0.4, -0.2) is 25.8 Å². The van der Waals surface area contributed by atoms with Gasteiger partial charge in [-0.1, -0.05) is 41.9 Å². The third kappa shape index (κ3) is 3.82. The van der Waals surface area contributed by atoms with Gasteiger partial charge in [-0.3, -0.25) is 4.79 Å². The molecule has 152 valence electrons. The number of hydrogen-bond acceptors (Lipinski definition) is 5. The molecule has 0 atom stereocenters. The molecule has 3 aromatic carbocycles. The molecule has 0 aliphatic heterocycles. The number of hydrazone groups is 1. The maximum absolute atomic E-state index is 12.5. The standard InChI is InChI=1S/C23H19ClN2O4/c1-3-29-22-18(24)10-14(11-20(22)28-2)13-25-26-23(27)21-12-17-16-7-5-4-6-15(16)8-9-19(17)30-21/h4-13H,3H2,1-2H3,(H,26,27). The number of nitrogens with one attached hydrogen (secondary N) is 1. The minimum absolute atomic E-state index is 0.181. The molecule has 1 heterocycles. The van der Waals surface area contributed by atoms with Gasteiger partial charge >= 0.3 is 5.91 Å². The van der Waals surface area contributed by atoms with E-state index in [1.807, 2.05) is 43.3 Å². The normalized spacial score (nSPS) is 11.3. The minimum atomic E-state index is -0.449. The van der Waals surface area contributed by atoms with Crippen molar-refractivity contribution in [3.8, 4) is 11.5 Å². The lowest BCUT2D eigenvalue weighted by molar-refractivity contribution is 0.0929. The Morgan fingerprint density at radius 1 is 1.17 bits per heavy atom. The van der Waals surface area contributed by atoms with Crippen LogP contribution in [0.5, 0.6) is 11.5 Å². The van der Waals surface area contributed by atoms with E-state index in [-0.39, 0.29) is 5.76 Å². The van der Waals surface area contributed by atoms with Gasteiger partial charge in [0, 0.05) is 5.39 Å². The van der Waals surface area contributed by atoms with Gasteiger partial charge in [-0.2, -0.15) is 5.10 Å². The van der Waals surface area contributed by atoms with E-state index in [2.05, 4.69) is 10.5 Å². The average Bonchev–Trinajstić information content (AvgIpc) is 3.20. The predicted octanol–water partition coefficient (Wildman–Crippen LogP) is 5.41. The number of carbonyl (C=O) groups excluding carboxylic acids is 1. The molecule has 1 amide bonds. The Kier molecular flexibility index (Phi) is 5.59. The third-order valence-electron chi connectivity index (χ3n) is 4.57. The fourth-order valence-electron chi connectivity index (χ4n) is 3.22. The highest BCUT2D eigenvalue weighted by molar-refractivity contribution is 6.32. The number of rotatable bonds is 6. The van der Waals surface area contributed by atoms with Crippen LogP contribution in [0.4, 0.5) is 0 Å². The number of ether oxygens (including phenoxy) is 2. The van der Waals surface area contributed by atoms with Crippen LogP contribution < -0.4 is 14.9 Å². The lowest BCUT2D eigenvalue weighted by atomic mass is 10.1. The molecule has 0 bridgehead atoms. The van der Waals surface area contributed by atoms with Crippen LogP contribution in [0.15, 0.2) is 64.1 Å². The first kappa shape index (κ1) is 19.8. The first-order valence-electron chi connectivity index (χ1n) is 9.35. The topological polar surface area (TPSA) is 73.1 Å². The maximum atomic E-state index is 12.5. The molecule has 6 nitrogen and oxygen atoms in total. The largest absolute Gasteiger partial charge is 0.493 e. The zero-order valence-corrected chi connectivity index (χ0v) is 17.2. The Balaban J connectivity index is 1.54. The lowest BCUT2D eigenvalue weighted by Crippen LogP contribution is -2.16. The van der Waals surface area contributed by atoms with Crippen molar-refractivity contribution in [3.63, 3.8) is 0 Å².